The minimum Gasteiger partial charge on any atom is -0.465 e. The van der Waals surface area contributed by atoms with Gasteiger partial charge in [-0.3, -0.25) is 4.79 Å². The van der Waals surface area contributed by atoms with Crippen LogP contribution in [0.3, 0.4) is 0 Å². The van der Waals surface area contributed by atoms with Crippen LogP contribution in [-0.2, 0) is 15.1 Å². The van der Waals surface area contributed by atoms with Crippen LogP contribution in [0.2, 0.25) is 0 Å². The predicted molar refractivity (Wildman–Crippen MR) is 114 cm³/mol. The van der Waals surface area contributed by atoms with Gasteiger partial charge in [-0.25, -0.2) is 9.78 Å². The SMILES string of the molecule is COC(=O)c1cnc(N2CC[C@@](NC(=O)C3CC=CC3)(c3ccccc3)[C@H](O)C2)s1. The zero-order valence-electron chi connectivity index (χ0n) is 16.8. The molecule has 2 N–H and O–H groups in total. The van der Waals surface area contributed by atoms with Crippen LogP contribution < -0.4 is 10.2 Å². The second kappa shape index (κ2) is 8.57. The Morgan fingerprint density at radius 2 is 2.00 bits per heavy atom. The number of anilines is 1. The monoisotopic (exact) mass is 427 g/mol. The van der Waals surface area contributed by atoms with Crippen LogP contribution >= 0.6 is 11.3 Å². The number of hydrogen-bond acceptors (Lipinski definition) is 7. The molecule has 2 aromatic rings. The fourth-order valence-corrected chi connectivity index (χ4v) is 5.03. The third kappa shape index (κ3) is 3.85. The molecule has 1 aliphatic carbocycles. The van der Waals surface area contributed by atoms with Crippen molar-refractivity contribution in [1.82, 2.24) is 10.3 Å². The first-order valence-electron chi connectivity index (χ1n) is 10.0. The number of ether oxygens (including phenoxy) is 1. The van der Waals surface area contributed by atoms with Gasteiger partial charge >= 0.3 is 5.97 Å². The first kappa shape index (κ1) is 20.6. The second-order valence-corrected chi connectivity index (χ2v) is 8.69. The number of carbonyl (C=O) groups excluding carboxylic acids is 2. The van der Waals surface area contributed by atoms with Crippen molar-refractivity contribution in [3.05, 3.63) is 59.1 Å². The van der Waals surface area contributed by atoms with Crippen LogP contribution in [0.15, 0.2) is 48.7 Å². The van der Waals surface area contributed by atoms with Crippen LogP contribution in [0.1, 0.15) is 34.5 Å². The average Bonchev–Trinajstić information content (AvgIpc) is 3.48. The fraction of sp³-hybridized carbons (Fsp3) is 0.409. The summed E-state index contributed by atoms with van der Waals surface area (Å²) in [5.74, 6) is -0.539. The quantitative estimate of drug-likeness (QED) is 0.563. The van der Waals surface area contributed by atoms with Gasteiger partial charge in [-0.1, -0.05) is 53.8 Å². The molecule has 30 heavy (non-hydrogen) atoms. The molecule has 2 aliphatic rings. The van der Waals surface area contributed by atoms with Crippen LogP contribution in [0, 0.1) is 5.92 Å². The second-order valence-electron chi connectivity index (χ2n) is 7.68. The number of amides is 1. The van der Waals surface area contributed by atoms with Crippen molar-refractivity contribution in [1.29, 1.82) is 0 Å². The molecule has 0 radical (unpaired) electrons. The average molecular weight is 428 g/mol. The van der Waals surface area contributed by atoms with E-state index in [0.29, 0.717) is 29.5 Å². The molecule has 1 saturated heterocycles. The molecule has 2 atom stereocenters. The van der Waals surface area contributed by atoms with E-state index in [2.05, 4.69) is 10.3 Å². The minimum absolute atomic E-state index is 0.0291. The summed E-state index contributed by atoms with van der Waals surface area (Å²) in [7, 11) is 1.34. The zero-order valence-corrected chi connectivity index (χ0v) is 17.6. The van der Waals surface area contributed by atoms with E-state index in [4.69, 9.17) is 4.74 Å². The van der Waals surface area contributed by atoms with Gasteiger partial charge in [-0.15, -0.1) is 0 Å². The predicted octanol–water partition coefficient (Wildman–Crippen LogP) is 2.48. The van der Waals surface area contributed by atoms with Crippen molar-refractivity contribution in [3.8, 4) is 0 Å². The van der Waals surface area contributed by atoms with E-state index in [9.17, 15) is 14.7 Å². The Morgan fingerprint density at radius 3 is 2.67 bits per heavy atom. The van der Waals surface area contributed by atoms with E-state index in [0.717, 1.165) is 18.4 Å². The molecular weight excluding hydrogens is 402 g/mol. The van der Waals surface area contributed by atoms with Crippen molar-refractivity contribution in [2.45, 2.75) is 30.9 Å². The number of β-amino-alcohol motifs (C(OH)–C–C–N with tert-alkyl or cyclic N) is 1. The number of benzene rings is 1. The topological polar surface area (TPSA) is 91.8 Å². The number of piperidine rings is 1. The molecule has 8 heteroatoms. The Balaban J connectivity index is 1.57. The summed E-state index contributed by atoms with van der Waals surface area (Å²) in [6.07, 6.45) is 6.70. The van der Waals surface area contributed by atoms with Gasteiger partial charge in [0.05, 0.1) is 24.9 Å². The molecule has 0 bridgehead atoms. The highest BCUT2D eigenvalue weighted by Gasteiger charge is 2.46. The molecule has 1 aromatic carbocycles. The fourth-order valence-electron chi connectivity index (χ4n) is 4.16. The van der Waals surface area contributed by atoms with Gasteiger partial charge in [0.25, 0.3) is 0 Å². The van der Waals surface area contributed by atoms with Crippen LogP contribution in [0.5, 0.6) is 0 Å². The van der Waals surface area contributed by atoms with Crippen LogP contribution in [0.25, 0.3) is 0 Å². The maximum atomic E-state index is 13.0. The number of nitrogens with zero attached hydrogens (tertiary/aromatic N) is 2. The molecule has 1 aliphatic heterocycles. The van der Waals surface area contributed by atoms with Gasteiger partial charge in [0, 0.05) is 19.0 Å². The number of hydrogen-bond donors (Lipinski definition) is 2. The normalized spacial score (nSPS) is 24.1. The number of thiazole rings is 1. The first-order chi connectivity index (χ1) is 14.5. The van der Waals surface area contributed by atoms with Gasteiger partial charge in [0.15, 0.2) is 5.13 Å². The summed E-state index contributed by atoms with van der Waals surface area (Å²) in [5, 5.41) is 15.1. The van der Waals surface area contributed by atoms with E-state index in [1.165, 1.54) is 24.6 Å². The number of carbonyl (C=O) groups is 2. The summed E-state index contributed by atoms with van der Waals surface area (Å²) < 4.78 is 4.75. The maximum Gasteiger partial charge on any atom is 0.349 e. The number of methoxy groups -OCH3 is 1. The lowest BCUT2D eigenvalue weighted by molar-refractivity contribution is -0.129. The van der Waals surface area contributed by atoms with Crippen LogP contribution in [-0.4, -0.2) is 48.3 Å². The first-order valence-corrected chi connectivity index (χ1v) is 10.8. The molecule has 4 rings (SSSR count). The van der Waals surface area contributed by atoms with Crippen molar-refractivity contribution >= 4 is 28.3 Å². The number of aromatic nitrogens is 1. The maximum absolute atomic E-state index is 13.0. The van der Waals surface area contributed by atoms with E-state index >= 15 is 0 Å². The van der Waals surface area contributed by atoms with E-state index in [1.54, 1.807) is 0 Å². The Morgan fingerprint density at radius 1 is 1.27 bits per heavy atom. The number of nitrogens with one attached hydrogen (secondary N) is 1. The molecule has 0 unspecified atom stereocenters. The summed E-state index contributed by atoms with van der Waals surface area (Å²) >= 11 is 1.24. The molecule has 1 fully saturated rings. The number of rotatable bonds is 5. The van der Waals surface area contributed by atoms with E-state index in [1.807, 2.05) is 47.4 Å². The summed E-state index contributed by atoms with van der Waals surface area (Å²) in [5.41, 5.74) is 0.0331. The van der Waals surface area contributed by atoms with E-state index < -0.39 is 17.6 Å². The standard InChI is InChI=1S/C22H25N3O4S/c1-29-20(28)17-13-23-21(30-17)25-12-11-22(18(26)14-25,16-9-3-2-4-10-16)24-19(27)15-7-5-6-8-15/h2-6,9-10,13,15,18,26H,7-8,11-12,14H2,1H3,(H,24,27)/t18-,22-/m1/s1. The molecule has 158 valence electrons. The Hall–Kier alpha value is -2.71. The van der Waals surface area contributed by atoms with E-state index in [-0.39, 0.29) is 11.8 Å². The minimum atomic E-state index is -0.861. The molecular formula is C22H25N3O4S. The number of aliphatic hydroxyl groups excluding tert-OH is 1. The number of aliphatic hydroxyl groups is 1. The lowest BCUT2D eigenvalue weighted by Gasteiger charge is -2.46. The van der Waals surface area contributed by atoms with Crippen LogP contribution in [0.4, 0.5) is 5.13 Å². The van der Waals surface area contributed by atoms with Gasteiger partial charge in [0.1, 0.15) is 4.88 Å². The smallest absolute Gasteiger partial charge is 0.349 e. The third-order valence-electron chi connectivity index (χ3n) is 5.90. The molecule has 0 saturated carbocycles. The summed E-state index contributed by atoms with van der Waals surface area (Å²) in [4.78, 5) is 31.4. The summed E-state index contributed by atoms with van der Waals surface area (Å²) in [6, 6.07) is 9.66. The van der Waals surface area contributed by atoms with Gasteiger partial charge < -0.3 is 20.1 Å². The van der Waals surface area contributed by atoms with Crippen molar-refractivity contribution in [2.75, 3.05) is 25.1 Å². The van der Waals surface area contributed by atoms with Crippen molar-refractivity contribution in [3.63, 3.8) is 0 Å². The van der Waals surface area contributed by atoms with Gasteiger partial charge in [0.2, 0.25) is 5.91 Å². The Kier molecular flexibility index (Phi) is 5.87. The number of esters is 1. The summed E-state index contributed by atoms with van der Waals surface area (Å²) in [6.45, 7) is 0.884. The van der Waals surface area contributed by atoms with Crippen molar-refractivity contribution < 1.29 is 19.4 Å². The molecule has 7 nitrogen and oxygen atoms in total. The van der Waals surface area contributed by atoms with Crippen molar-refractivity contribution in [2.24, 2.45) is 5.92 Å². The zero-order chi connectivity index (χ0) is 21.1. The Labute approximate surface area is 179 Å². The highest BCUT2D eigenvalue weighted by atomic mass is 32.1. The third-order valence-corrected chi connectivity index (χ3v) is 6.94. The van der Waals surface area contributed by atoms with Gasteiger partial charge in [-0.05, 0) is 24.8 Å². The number of allylic oxidation sites excluding steroid dienone is 2. The largest absolute Gasteiger partial charge is 0.465 e. The molecule has 1 aromatic heterocycles. The molecule has 0 spiro atoms. The molecule has 1 amide bonds. The highest BCUT2D eigenvalue weighted by Crippen LogP contribution is 2.37. The lowest BCUT2D eigenvalue weighted by atomic mass is 9.78. The van der Waals surface area contributed by atoms with Gasteiger partial charge in [-0.2, -0.15) is 0 Å². The lowest BCUT2D eigenvalue weighted by Crippen LogP contribution is -2.62. The highest BCUT2D eigenvalue weighted by molar-refractivity contribution is 7.17. The Bertz CT molecular complexity index is 937. The molecule has 2 heterocycles.